The second-order valence-corrected chi connectivity index (χ2v) is 12.5. The lowest BCUT2D eigenvalue weighted by molar-refractivity contribution is -0.144. The third kappa shape index (κ3) is 13.4. The second-order valence-electron chi connectivity index (χ2n) is 12.5. The molecule has 0 saturated carbocycles. The van der Waals surface area contributed by atoms with Gasteiger partial charge in [0.15, 0.2) is 0 Å². The molecule has 0 heterocycles. The molecule has 1 atom stereocenters. The van der Waals surface area contributed by atoms with E-state index in [1.165, 1.54) is 49.8 Å². The number of carboxylic acid groups (broad SMARTS) is 1. The second kappa shape index (κ2) is 18.3. The molecule has 0 aromatic heterocycles. The number of amides is 3. The van der Waals surface area contributed by atoms with Gasteiger partial charge < -0.3 is 10.4 Å². The van der Waals surface area contributed by atoms with Crippen LogP contribution in [-0.4, -0.2) is 34.5 Å². The molecular weight excluding hydrogens is 512 g/mol. The molecule has 0 aliphatic rings. The van der Waals surface area contributed by atoms with Crippen molar-refractivity contribution in [3.8, 4) is 0 Å². The van der Waals surface area contributed by atoms with Crippen LogP contribution in [0.2, 0.25) is 0 Å². The Morgan fingerprint density at radius 1 is 0.756 bits per heavy atom. The van der Waals surface area contributed by atoms with Gasteiger partial charge in [0, 0.05) is 12.5 Å². The first-order chi connectivity index (χ1) is 19.6. The molecule has 2 aromatic carbocycles. The maximum absolute atomic E-state index is 13.8. The molecule has 41 heavy (non-hydrogen) atoms. The lowest BCUT2D eigenvalue weighted by Gasteiger charge is -2.32. The smallest absolute Gasteiger partial charge is 0.324 e. The Morgan fingerprint density at radius 2 is 1.22 bits per heavy atom. The molecule has 0 fully saturated rings. The molecule has 0 spiro atoms. The minimum Gasteiger partial charge on any atom is -0.481 e. The summed E-state index contributed by atoms with van der Waals surface area (Å²) in [5.74, 6) is -2.16. The fraction of sp³-hybridized carbons (Fsp3) is 0.571. The highest BCUT2D eigenvalue weighted by Crippen LogP contribution is 2.26. The molecule has 0 bridgehead atoms. The fourth-order valence-corrected chi connectivity index (χ4v) is 5.20. The lowest BCUT2D eigenvalue weighted by atomic mass is 9.92. The molecule has 2 N–H and O–H groups in total. The van der Waals surface area contributed by atoms with Crippen molar-refractivity contribution in [3.63, 3.8) is 0 Å². The Hall–Kier alpha value is -3.15. The van der Waals surface area contributed by atoms with E-state index >= 15 is 0 Å². The first kappa shape index (κ1) is 34.1. The number of urea groups is 1. The first-order valence-corrected chi connectivity index (χ1v) is 15.6. The van der Waals surface area contributed by atoms with Gasteiger partial charge in [-0.1, -0.05) is 153 Å². The molecule has 0 aliphatic carbocycles. The number of aliphatic carboxylic acids is 1. The number of benzene rings is 2. The number of carboxylic acids is 1. The Labute approximate surface area is 247 Å². The van der Waals surface area contributed by atoms with Gasteiger partial charge >= 0.3 is 12.0 Å². The molecule has 0 saturated heterocycles. The van der Waals surface area contributed by atoms with Crippen molar-refractivity contribution in [3.05, 3.63) is 71.8 Å². The van der Waals surface area contributed by atoms with Crippen LogP contribution >= 0.6 is 0 Å². The van der Waals surface area contributed by atoms with E-state index < -0.39 is 29.9 Å². The van der Waals surface area contributed by atoms with Crippen molar-refractivity contribution in [1.29, 1.82) is 0 Å². The highest BCUT2D eigenvalue weighted by atomic mass is 16.4. The van der Waals surface area contributed by atoms with Crippen LogP contribution in [-0.2, 0) is 9.59 Å². The topological polar surface area (TPSA) is 86.7 Å². The number of nitrogens with zero attached hydrogens (tertiary/aromatic N) is 1. The Bertz CT molecular complexity index is 994. The Balaban J connectivity index is 2.11. The van der Waals surface area contributed by atoms with Crippen molar-refractivity contribution in [2.24, 2.45) is 11.3 Å². The molecule has 6 heteroatoms. The van der Waals surface area contributed by atoms with E-state index in [9.17, 15) is 19.5 Å². The maximum Gasteiger partial charge on any atom is 0.324 e. The van der Waals surface area contributed by atoms with Gasteiger partial charge in [0.1, 0.15) is 0 Å². The van der Waals surface area contributed by atoms with E-state index in [-0.39, 0.29) is 18.4 Å². The largest absolute Gasteiger partial charge is 0.481 e. The highest BCUT2D eigenvalue weighted by molar-refractivity contribution is 5.97. The van der Waals surface area contributed by atoms with E-state index in [0.717, 1.165) is 30.4 Å². The quantitative estimate of drug-likeness (QED) is 0.177. The molecular formula is C35H52N2O4. The average Bonchev–Trinajstić information content (AvgIpc) is 2.94. The van der Waals surface area contributed by atoms with Crippen molar-refractivity contribution < 1.29 is 19.5 Å². The summed E-state index contributed by atoms with van der Waals surface area (Å²) >= 11 is 0. The molecule has 2 aromatic rings. The van der Waals surface area contributed by atoms with Crippen molar-refractivity contribution in [1.82, 2.24) is 10.2 Å². The SMILES string of the molecule is CCCCCCCCCCCCC(CC(=O)O)C(=O)N(CC(C)(C)C)C(=O)NC(c1ccccc1)c1ccccc1. The van der Waals surface area contributed by atoms with Crippen LogP contribution in [0, 0.1) is 11.3 Å². The fourth-order valence-electron chi connectivity index (χ4n) is 5.20. The number of hydrogen-bond acceptors (Lipinski definition) is 3. The monoisotopic (exact) mass is 564 g/mol. The van der Waals surface area contributed by atoms with Crippen LogP contribution in [0.5, 0.6) is 0 Å². The molecule has 2 rings (SSSR count). The van der Waals surface area contributed by atoms with Crippen LogP contribution in [0.25, 0.3) is 0 Å². The Kier molecular flexibility index (Phi) is 15.2. The number of rotatable bonds is 18. The number of nitrogens with one attached hydrogen (secondary N) is 1. The standard InChI is InChI=1S/C35H52N2O4/c1-5-6-7-8-9-10-11-12-13-16-25-30(26-31(38)39)33(40)37(27-35(2,3)4)34(41)36-32(28-21-17-14-18-22-28)29-23-19-15-20-24-29/h14-15,17-24,30,32H,5-13,16,25-27H2,1-4H3,(H,36,41)(H,38,39). The molecule has 226 valence electrons. The molecule has 0 aliphatic heterocycles. The van der Waals surface area contributed by atoms with E-state index in [0.29, 0.717) is 6.42 Å². The summed E-state index contributed by atoms with van der Waals surface area (Å²) in [5, 5.41) is 12.7. The van der Waals surface area contributed by atoms with Gasteiger partial charge in [0.05, 0.1) is 12.5 Å². The number of carbonyl (C=O) groups is 3. The van der Waals surface area contributed by atoms with Crippen LogP contribution in [0.1, 0.15) is 122 Å². The third-order valence-electron chi connectivity index (χ3n) is 7.35. The van der Waals surface area contributed by atoms with Gasteiger partial charge in [-0.05, 0) is 23.0 Å². The van der Waals surface area contributed by atoms with Gasteiger partial charge in [-0.2, -0.15) is 0 Å². The predicted molar refractivity (Wildman–Crippen MR) is 167 cm³/mol. The van der Waals surface area contributed by atoms with E-state index in [4.69, 9.17) is 0 Å². The van der Waals surface area contributed by atoms with E-state index in [1.54, 1.807) is 0 Å². The van der Waals surface area contributed by atoms with Crippen LogP contribution in [0.3, 0.4) is 0 Å². The number of hydrogen-bond donors (Lipinski definition) is 2. The van der Waals surface area contributed by atoms with E-state index in [1.807, 2.05) is 81.4 Å². The van der Waals surface area contributed by atoms with Crippen molar-refractivity contribution >= 4 is 17.9 Å². The van der Waals surface area contributed by atoms with Gasteiger partial charge in [0.2, 0.25) is 5.91 Å². The van der Waals surface area contributed by atoms with E-state index in [2.05, 4.69) is 12.2 Å². The van der Waals surface area contributed by atoms with Crippen LogP contribution in [0.4, 0.5) is 4.79 Å². The minimum atomic E-state index is -1.02. The first-order valence-electron chi connectivity index (χ1n) is 15.6. The van der Waals surface area contributed by atoms with Gasteiger partial charge in [-0.3, -0.25) is 14.5 Å². The van der Waals surface area contributed by atoms with Crippen molar-refractivity contribution in [2.75, 3.05) is 6.54 Å². The van der Waals surface area contributed by atoms with Crippen LogP contribution in [0.15, 0.2) is 60.7 Å². The molecule has 1 unspecified atom stereocenters. The zero-order valence-electron chi connectivity index (χ0n) is 25.7. The highest BCUT2D eigenvalue weighted by Gasteiger charge is 2.34. The molecule has 3 amide bonds. The number of imide groups is 1. The molecule has 6 nitrogen and oxygen atoms in total. The number of unbranched alkanes of at least 4 members (excludes halogenated alkanes) is 9. The minimum absolute atomic E-state index is 0.197. The van der Waals surface area contributed by atoms with Gasteiger partial charge in [-0.15, -0.1) is 0 Å². The maximum atomic E-state index is 13.8. The average molecular weight is 565 g/mol. The van der Waals surface area contributed by atoms with Gasteiger partial charge in [0.25, 0.3) is 0 Å². The summed E-state index contributed by atoms with van der Waals surface area (Å²) in [4.78, 5) is 40.6. The summed E-state index contributed by atoms with van der Waals surface area (Å²) in [6, 6.07) is 18.4. The van der Waals surface area contributed by atoms with Crippen LogP contribution < -0.4 is 5.32 Å². The number of carbonyl (C=O) groups excluding carboxylic acids is 2. The summed E-state index contributed by atoms with van der Waals surface area (Å²) in [6.45, 7) is 8.34. The summed E-state index contributed by atoms with van der Waals surface area (Å²) in [5.41, 5.74) is 1.46. The normalized spacial score (nSPS) is 12.2. The zero-order valence-corrected chi connectivity index (χ0v) is 25.7. The summed E-state index contributed by atoms with van der Waals surface area (Å²) in [7, 11) is 0. The zero-order chi connectivity index (χ0) is 30.1. The third-order valence-corrected chi connectivity index (χ3v) is 7.35. The van der Waals surface area contributed by atoms with Crippen molar-refractivity contribution in [2.45, 2.75) is 111 Å². The summed E-state index contributed by atoms with van der Waals surface area (Å²) < 4.78 is 0. The Morgan fingerprint density at radius 3 is 1.66 bits per heavy atom. The predicted octanol–water partition coefficient (Wildman–Crippen LogP) is 8.76. The van der Waals surface area contributed by atoms with Gasteiger partial charge in [-0.25, -0.2) is 4.79 Å². The lowest BCUT2D eigenvalue weighted by Crippen LogP contribution is -2.50. The summed E-state index contributed by atoms with van der Waals surface area (Å²) in [6.07, 6.45) is 11.9. The molecule has 0 radical (unpaired) electrons.